The SMILES string of the molecule is CSP(P)(=S)P(=S)(SC)c1ccccc1. The van der Waals surface area contributed by atoms with Crippen LogP contribution >= 0.6 is 41.2 Å². The highest BCUT2D eigenvalue weighted by Gasteiger charge is 2.31. The Morgan fingerprint density at radius 2 is 1.60 bits per heavy atom. The van der Waals surface area contributed by atoms with E-state index in [-0.39, 0.29) is 0 Å². The normalized spacial score (nSPS) is 19.1. The summed E-state index contributed by atoms with van der Waals surface area (Å²) in [4.78, 5) is -1.65. The van der Waals surface area contributed by atoms with Crippen LogP contribution < -0.4 is 5.30 Å². The van der Waals surface area contributed by atoms with Crippen LogP contribution in [0.4, 0.5) is 0 Å². The molecule has 0 amide bonds. The summed E-state index contributed by atoms with van der Waals surface area (Å²) < 4.78 is -1.56. The second-order valence-corrected chi connectivity index (χ2v) is 29.3. The lowest BCUT2D eigenvalue weighted by molar-refractivity contribution is 1.78. The molecule has 0 aliphatic rings. The first-order valence-electron chi connectivity index (χ1n) is 4.14. The van der Waals surface area contributed by atoms with Crippen LogP contribution in [0.2, 0.25) is 0 Å². The standard InChI is InChI=1S/C8H13P3S4/c1-14-10(12,11(9,13)15-2)8-6-4-3-5-7-8/h3-7H,9H2,1-2H3. The van der Waals surface area contributed by atoms with Crippen molar-refractivity contribution in [2.75, 3.05) is 12.5 Å². The Morgan fingerprint density at radius 3 is 2.00 bits per heavy atom. The summed E-state index contributed by atoms with van der Waals surface area (Å²) in [5.74, 6) is 0. The largest absolute Gasteiger partial charge is 0.118 e. The Kier molecular flexibility index (Phi) is 5.89. The minimum Gasteiger partial charge on any atom is -0.118 e. The molecule has 1 aromatic rings. The van der Waals surface area contributed by atoms with Crippen LogP contribution in [0, 0.1) is 0 Å². The third-order valence-electron chi connectivity index (χ3n) is 1.96. The van der Waals surface area contributed by atoms with Gasteiger partial charge < -0.3 is 0 Å². The second kappa shape index (κ2) is 6.01. The van der Waals surface area contributed by atoms with E-state index in [4.69, 9.17) is 23.6 Å². The number of benzene rings is 1. The van der Waals surface area contributed by atoms with Gasteiger partial charge in [-0.1, -0.05) is 62.9 Å². The van der Waals surface area contributed by atoms with Crippen molar-refractivity contribution in [3.63, 3.8) is 0 Å². The van der Waals surface area contributed by atoms with Crippen LogP contribution in [0.15, 0.2) is 30.3 Å². The van der Waals surface area contributed by atoms with Crippen molar-refractivity contribution in [3.05, 3.63) is 30.3 Å². The maximum atomic E-state index is 5.88. The van der Waals surface area contributed by atoms with Gasteiger partial charge in [-0.25, -0.2) is 0 Å². The maximum absolute atomic E-state index is 5.88. The lowest BCUT2D eigenvalue weighted by Gasteiger charge is -2.28. The van der Waals surface area contributed by atoms with Gasteiger partial charge in [-0.3, -0.25) is 0 Å². The van der Waals surface area contributed by atoms with Crippen LogP contribution in [0.25, 0.3) is 0 Å². The summed E-state index contributed by atoms with van der Waals surface area (Å²) >= 11 is 15.2. The zero-order valence-electron chi connectivity index (χ0n) is 8.49. The van der Waals surface area contributed by atoms with E-state index in [1.165, 1.54) is 5.30 Å². The monoisotopic (exact) mass is 330 g/mol. The molecule has 0 aromatic heterocycles. The molecule has 0 saturated heterocycles. The molecule has 7 heteroatoms. The van der Waals surface area contributed by atoms with Crippen LogP contribution in [-0.4, -0.2) is 12.5 Å². The van der Waals surface area contributed by atoms with Gasteiger partial charge in [-0.2, -0.15) is 0 Å². The van der Waals surface area contributed by atoms with Gasteiger partial charge in [0.25, 0.3) is 0 Å². The fraction of sp³-hybridized carbons (Fsp3) is 0.250. The van der Waals surface area contributed by atoms with Gasteiger partial charge >= 0.3 is 0 Å². The van der Waals surface area contributed by atoms with Gasteiger partial charge in [0.05, 0.1) is 9.55 Å². The molecule has 3 atom stereocenters. The van der Waals surface area contributed by atoms with Crippen molar-refractivity contribution >= 4 is 70.2 Å². The zero-order valence-corrected chi connectivity index (χ0v) is 14.7. The van der Waals surface area contributed by atoms with E-state index in [2.05, 4.69) is 33.6 Å². The molecule has 84 valence electrons. The predicted molar refractivity (Wildman–Crippen MR) is 91.4 cm³/mol. The predicted octanol–water partition coefficient (Wildman–Crippen LogP) is 4.53. The molecule has 0 bridgehead atoms. The molecule has 0 aliphatic heterocycles. The van der Waals surface area contributed by atoms with Crippen molar-refractivity contribution < 1.29 is 0 Å². The summed E-state index contributed by atoms with van der Waals surface area (Å²) in [6.07, 6.45) is 4.17. The van der Waals surface area contributed by atoms with E-state index in [1.807, 2.05) is 18.2 Å². The van der Waals surface area contributed by atoms with Gasteiger partial charge in [0.15, 0.2) is 0 Å². The lowest BCUT2D eigenvalue weighted by atomic mass is 10.4. The maximum Gasteiger partial charge on any atom is 0.0764 e. The molecule has 0 N–H and O–H groups in total. The Balaban J connectivity index is 3.30. The van der Waals surface area contributed by atoms with Crippen molar-refractivity contribution in [1.29, 1.82) is 0 Å². The molecule has 1 rings (SSSR count). The number of hydrogen-bond acceptors (Lipinski definition) is 4. The molecule has 0 fully saturated rings. The Hall–Kier alpha value is 1.65. The highest BCUT2D eigenvalue weighted by atomic mass is 33.4. The van der Waals surface area contributed by atoms with E-state index >= 15 is 0 Å². The van der Waals surface area contributed by atoms with Crippen LogP contribution in [0.3, 0.4) is 0 Å². The van der Waals surface area contributed by atoms with E-state index in [0.717, 1.165) is 0 Å². The quantitative estimate of drug-likeness (QED) is 0.744. The molecular weight excluding hydrogens is 317 g/mol. The van der Waals surface area contributed by atoms with E-state index < -0.39 is 9.55 Å². The van der Waals surface area contributed by atoms with Gasteiger partial charge in [0.2, 0.25) is 0 Å². The Morgan fingerprint density at radius 1 is 1.07 bits per heavy atom. The highest BCUT2D eigenvalue weighted by molar-refractivity contribution is 9.21. The summed E-state index contributed by atoms with van der Waals surface area (Å²) in [6, 6.07) is 10.4. The van der Waals surface area contributed by atoms with Crippen molar-refractivity contribution in [2.24, 2.45) is 0 Å². The first-order valence-corrected chi connectivity index (χ1v) is 15.7. The summed E-state index contributed by atoms with van der Waals surface area (Å²) in [7, 11) is 2.87. The van der Waals surface area contributed by atoms with Crippen molar-refractivity contribution in [3.8, 4) is 0 Å². The Labute approximate surface area is 112 Å². The molecule has 0 heterocycles. The van der Waals surface area contributed by atoms with Crippen molar-refractivity contribution in [1.82, 2.24) is 0 Å². The first kappa shape index (κ1) is 14.7. The van der Waals surface area contributed by atoms with Gasteiger partial charge in [0, 0.05) is 5.30 Å². The molecule has 15 heavy (non-hydrogen) atoms. The Bertz CT molecular complexity index is 417. The van der Waals surface area contributed by atoms with Crippen molar-refractivity contribution in [2.45, 2.75) is 0 Å². The van der Waals surface area contributed by atoms with Crippen LogP contribution in [0.1, 0.15) is 0 Å². The number of rotatable bonds is 4. The zero-order chi connectivity index (χ0) is 11.5. The summed E-state index contributed by atoms with van der Waals surface area (Å²) in [6.45, 7) is 0. The lowest BCUT2D eigenvalue weighted by Crippen LogP contribution is -1.98. The third kappa shape index (κ3) is 3.10. The van der Waals surface area contributed by atoms with E-state index in [0.29, 0.717) is 0 Å². The molecule has 3 unspecified atom stereocenters. The average Bonchev–Trinajstić information content (AvgIpc) is 2.29. The topological polar surface area (TPSA) is 0 Å². The molecule has 0 radical (unpaired) electrons. The minimum absolute atomic E-state index is 1.26. The third-order valence-corrected chi connectivity index (χ3v) is 38.3. The highest BCUT2D eigenvalue weighted by Crippen LogP contribution is 2.95. The van der Waals surface area contributed by atoms with E-state index in [1.54, 1.807) is 22.8 Å². The fourth-order valence-electron chi connectivity index (χ4n) is 1.10. The molecule has 0 saturated carbocycles. The van der Waals surface area contributed by atoms with Crippen LogP contribution in [0.5, 0.6) is 0 Å². The molecule has 1 aromatic carbocycles. The van der Waals surface area contributed by atoms with Gasteiger partial charge in [-0.05, 0) is 12.5 Å². The van der Waals surface area contributed by atoms with Gasteiger partial charge in [0.1, 0.15) is 0 Å². The smallest absolute Gasteiger partial charge is 0.0764 e. The van der Waals surface area contributed by atoms with Crippen LogP contribution in [-0.2, 0) is 23.6 Å². The summed E-state index contributed by atoms with van der Waals surface area (Å²) in [5.41, 5.74) is 0. The summed E-state index contributed by atoms with van der Waals surface area (Å²) in [5, 5.41) is 1.26. The molecule has 0 spiro atoms. The van der Waals surface area contributed by atoms with E-state index in [9.17, 15) is 0 Å². The molecular formula is C8H13P3S4. The molecule has 0 aliphatic carbocycles. The molecule has 0 nitrogen and oxygen atoms in total. The minimum atomic E-state index is -1.65. The first-order chi connectivity index (χ1) is 6.98. The fourth-order valence-corrected chi connectivity index (χ4v) is 23.3. The second-order valence-electron chi connectivity index (χ2n) is 2.79. The van der Waals surface area contributed by atoms with Gasteiger partial charge in [-0.15, -0.1) is 22.8 Å². The number of hydrogen-bond donors (Lipinski definition) is 0. The average molecular weight is 330 g/mol.